The van der Waals surface area contributed by atoms with Crippen molar-refractivity contribution in [1.82, 2.24) is 0 Å². The van der Waals surface area contributed by atoms with E-state index >= 15 is 0 Å². The first-order valence-corrected chi connectivity index (χ1v) is 12.5. The fourth-order valence-corrected chi connectivity index (χ4v) is 5.41. The minimum Gasteiger partial charge on any atom is -0.496 e. The number of benzene rings is 3. The number of rotatable bonds is 9. The minimum atomic E-state index is -0.0729. The van der Waals surface area contributed by atoms with E-state index in [9.17, 15) is 4.79 Å². The summed E-state index contributed by atoms with van der Waals surface area (Å²) in [5.74, 6) is 1.71. The largest absolute Gasteiger partial charge is 0.496 e. The summed E-state index contributed by atoms with van der Waals surface area (Å²) in [7, 11) is 1.73. The van der Waals surface area contributed by atoms with Gasteiger partial charge < -0.3 is 4.74 Å². The maximum Gasteiger partial charge on any atom is 0.140 e. The van der Waals surface area contributed by atoms with Crippen LogP contribution in [0.2, 0.25) is 0 Å². The molecule has 0 fully saturated rings. The highest BCUT2D eigenvalue weighted by molar-refractivity contribution is 5.88. The Balaban J connectivity index is 1.55. The summed E-state index contributed by atoms with van der Waals surface area (Å²) in [4.78, 5) is 13.7. The fourth-order valence-electron chi connectivity index (χ4n) is 5.41. The van der Waals surface area contributed by atoms with Gasteiger partial charge in [-0.3, -0.25) is 4.79 Å². The summed E-state index contributed by atoms with van der Waals surface area (Å²) >= 11 is 0. The molecule has 2 heteroatoms. The van der Waals surface area contributed by atoms with Gasteiger partial charge in [-0.1, -0.05) is 92.2 Å². The predicted octanol–water partition coefficient (Wildman–Crippen LogP) is 7.59. The second-order valence-corrected chi connectivity index (χ2v) is 9.74. The van der Waals surface area contributed by atoms with E-state index in [2.05, 4.69) is 87.5 Å². The molecule has 176 valence electrons. The van der Waals surface area contributed by atoms with E-state index in [1.165, 1.54) is 33.4 Å². The standard InChI is InChI=1S/C32H36O2/c1-5-28-26(12-9-13-32(28)34-4)18-23(3)19-31(33)30-21-27(24-10-7-6-8-11-24)20-29(30)25-16-14-22(2)15-17-25/h6-17,21,23,29-30H,5,18-20H2,1-4H3. The van der Waals surface area contributed by atoms with Crippen LogP contribution in [0.25, 0.3) is 5.57 Å². The lowest BCUT2D eigenvalue weighted by Crippen LogP contribution is -2.20. The van der Waals surface area contributed by atoms with Gasteiger partial charge in [0.25, 0.3) is 0 Å². The first-order valence-electron chi connectivity index (χ1n) is 12.5. The van der Waals surface area contributed by atoms with Crippen LogP contribution >= 0.6 is 0 Å². The van der Waals surface area contributed by atoms with Crippen LogP contribution in [0.3, 0.4) is 0 Å². The molecule has 3 aromatic carbocycles. The molecular weight excluding hydrogens is 416 g/mol. The number of hydrogen-bond donors (Lipinski definition) is 0. The molecule has 3 unspecified atom stereocenters. The number of ether oxygens (including phenoxy) is 1. The number of allylic oxidation sites excluding steroid dienone is 2. The zero-order chi connectivity index (χ0) is 24.1. The summed E-state index contributed by atoms with van der Waals surface area (Å²) in [6, 6.07) is 25.5. The van der Waals surface area contributed by atoms with Gasteiger partial charge in [0.15, 0.2) is 0 Å². The molecule has 34 heavy (non-hydrogen) atoms. The third kappa shape index (κ3) is 5.33. The monoisotopic (exact) mass is 452 g/mol. The first-order chi connectivity index (χ1) is 16.5. The average molecular weight is 453 g/mol. The van der Waals surface area contributed by atoms with E-state index in [-0.39, 0.29) is 17.8 Å². The highest BCUT2D eigenvalue weighted by Crippen LogP contribution is 2.44. The van der Waals surface area contributed by atoms with E-state index in [1.807, 2.05) is 12.1 Å². The summed E-state index contributed by atoms with van der Waals surface area (Å²) in [6.45, 7) is 6.48. The highest BCUT2D eigenvalue weighted by Gasteiger charge is 2.34. The van der Waals surface area contributed by atoms with E-state index in [0.29, 0.717) is 12.2 Å². The lowest BCUT2D eigenvalue weighted by Gasteiger charge is -2.21. The Labute approximate surface area is 204 Å². The molecule has 0 saturated heterocycles. The molecule has 3 aromatic rings. The summed E-state index contributed by atoms with van der Waals surface area (Å²) in [5, 5.41) is 0. The van der Waals surface area contributed by atoms with Crippen molar-refractivity contribution in [2.75, 3.05) is 7.11 Å². The van der Waals surface area contributed by atoms with Crippen LogP contribution in [-0.2, 0) is 17.6 Å². The molecule has 0 N–H and O–H groups in total. The highest BCUT2D eigenvalue weighted by atomic mass is 16.5. The molecule has 1 aliphatic rings. The molecule has 0 saturated carbocycles. The molecule has 0 amide bonds. The molecule has 4 rings (SSSR count). The van der Waals surface area contributed by atoms with Crippen LogP contribution in [0.1, 0.15) is 60.4 Å². The quantitative estimate of drug-likeness (QED) is 0.334. The molecular formula is C32H36O2. The van der Waals surface area contributed by atoms with E-state index in [0.717, 1.165) is 25.0 Å². The SMILES string of the molecule is CCc1c(CC(C)CC(=O)C2C=C(c3ccccc3)CC2c2ccc(C)cc2)cccc1OC. The third-order valence-electron chi connectivity index (χ3n) is 7.20. The Bertz CT molecular complexity index is 1140. The van der Waals surface area contributed by atoms with Crippen LogP contribution in [0, 0.1) is 18.8 Å². The van der Waals surface area contributed by atoms with Gasteiger partial charge in [0.05, 0.1) is 7.11 Å². The van der Waals surface area contributed by atoms with Crippen molar-refractivity contribution in [3.8, 4) is 5.75 Å². The minimum absolute atomic E-state index is 0.0729. The summed E-state index contributed by atoms with van der Waals surface area (Å²) in [5.41, 5.74) is 7.59. The molecule has 2 nitrogen and oxygen atoms in total. The van der Waals surface area contributed by atoms with Crippen molar-refractivity contribution >= 4 is 11.4 Å². The van der Waals surface area contributed by atoms with Crippen molar-refractivity contribution in [2.24, 2.45) is 11.8 Å². The number of Topliss-reactive ketones (excluding diaryl/α,β-unsaturated/α-hetero) is 1. The van der Waals surface area contributed by atoms with Gasteiger partial charge in [-0.15, -0.1) is 0 Å². The second-order valence-electron chi connectivity index (χ2n) is 9.74. The zero-order valence-corrected chi connectivity index (χ0v) is 20.9. The number of methoxy groups -OCH3 is 1. The molecule has 3 atom stereocenters. The van der Waals surface area contributed by atoms with Gasteiger partial charge in [-0.25, -0.2) is 0 Å². The lowest BCUT2D eigenvalue weighted by molar-refractivity contribution is -0.122. The van der Waals surface area contributed by atoms with Crippen molar-refractivity contribution in [2.45, 2.75) is 52.4 Å². The Morgan fingerprint density at radius 3 is 2.41 bits per heavy atom. The molecule has 0 heterocycles. The molecule has 0 bridgehead atoms. The van der Waals surface area contributed by atoms with Crippen LogP contribution in [0.15, 0.2) is 78.9 Å². The van der Waals surface area contributed by atoms with Crippen molar-refractivity contribution in [1.29, 1.82) is 0 Å². The topological polar surface area (TPSA) is 26.3 Å². The van der Waals surface area contributed by atoms with Crippen molar-refractivity contribution in [3.05, 3.63) is 107 Å². The number of aryl methyl sites for hydroxylation is 1. The predicted molar refractivity (Wildman–Crippen MR) is 141 cm³/mol. The van der Waals surface area contributed by atoms with E-state index < -0.39 is 0 Å². The molecule has 1 aliphatic carbocycles. The number of carbonyl (C=O) groups is 1. The lowest BCUT2D eigenvalue weighted by atomic mass is 9.81. The number of carbonyl (C=O) groups excluding carboxylic acids is 1. The van der Waals surface area contributed by atoms with Crippen LogP contribution < -0.4 is 4.74 Å². The molecule has 0 aliphatic heterocycles. The zero-order valence-electron chi connectivity index (χ0n) is 20.9. The van der Waals surface area contributed by atoms with Gasteiger partial charge in [0.2, 0.25) is 0 Å². The van der Waals surface area contributed by atoms with Gasteiger partial charge in [-0.05, 0) is 66.0 Å². The molecule has 0 spiro atoms. The summed E-state index contributed by atoms with van der Waals surface area (Å²) < 4.78 is 5.57. The Hall–Kier alpha value is -3.13. The molecule has 0 aromatic heterocycles. The normalized spacial score (nSPS) is 18.4. The van der Waals surface area contributed by atoms with E-state index in [4.69, 9.17) is 4.74 Å². The smallest absolute Gasteiger partial charge is 0.140 e. The third-order valence-corrected chi connectivity index (χ3v) is 7.20. The van der Waals surface area contributed by atoms with Crippen LogP contribution in [0.4, 0.5) is 0 Å². The van der Waals surface area contributed by atoms with Crippen LogP contribution in [0.5, 0.6) is 5.75 Å². The maximum absolute atomic E-state index is 13.7. The second kappa shape index (κ2) is 10.9. The maximum atomic E-state index is 13.7. The van der Waals surface area contributed by atoms with Crippen LogP contribution in [-0.4, -0.2) is 12.9 Å². The first kappa shape index (κ1) is 24.0. The van der Waals surface area contributed by atoms with Crippen molar-refractivity contribution in [3.63, 3.8) is 0 Å². The summed E-state index contributed by atoms with van der Waals surface area (Å²) in [6.07, 6.45) is 5.57. The number of hydrogen-bond acceptors (Lipinski definition) is 2. The van der Waals surface area contributed by atoms with Gasteiger partial charge in [0, 0.05) is 18.3 Å². The number of ketones is 1. The van der Waals surface area contributed by atoms with Gasteiger partial charge in [-0.2, -0.15) is 0 Å². The average Bonchev–Trinajstić information content (AvgIpc) is 3.30. The molecule has 0 radical (unpaired) electrons. The fraction of sp³-hybridized carbons (Fsp3) is 0.344. The Kier molecular flexibility index (Phi) is 7.67. The van der Waals surface area contributed by atoms with Gasteiger partial charge in [0.1, 0.15) is 11.5 Å². The van der Waals surface area contributed by atoms with Gasteiger partial charge >= 0.3 is 0 Å². The Morgan fingerprint density at radius 1 is 1.00 bits per heavy atom. The van der Waals surface area contributed by atoms with E-state index in [1.54, 1.807) is 7.11 Å². The Morgan fingerprint density at radius 2 is 1.74 bits per heavy atom. The van der Waals surface area contributed by atoms with Crippen molar-refractivity contribution < 1.29 is 9.53 Å².